The van der Waals surface area contributed by atoms with E-state index in [1.807, 2.05) is 42.6 Å². The van der Waals surface area contributed by atoms with Gasteiger partial charge in [0.2, 0.25) is 0 Å². The van der Waals surface area contributed by atoms with Crippen LogP contribution in [0.2, 0.25) is 5.02 Å². The summed E-state index contributed by atoms with van der Waals surface area (Å²) in [6.07, 6.45) is 2.01. The predicted octanol–water partition coefficient (Wildman–Crippen LogP) is 5.96. The molecule has 0 aliphatic heterocycles. The summed E-state index contributed by atoms with van der Waals surface area (Å²) in [5.74, 6) is 0. The molecular weight excluding hydrogens is 403 g/mol. The summed E-state index contributed by atoms with van der Waals surface area (Å²) in [6, 6.07) is 12.0. The Morgan fingerprint density at radius 3 is 2.75 bits per heavy atom. The molecule has 2 aromatic carbocycles. The van der Waals surface area contributed by atoms with Gasteiger partial charge in [-0.05, 0) is 51.8 Å². The van der Waals surface area contributed by atoms with Gasteiger partial charge in [-0.15, -0.1) is 0 Å². The van der Waals surface area contributed by atoms with Crippen molar-refractivity contribution >= 4 is 60.1 Å². The standard InChI is InChI=1S/C15H11Br2ClN2/c16-10-1-4-14(13(17)5-10)19-7-9-8-20-15-6-11(18)2-3-12(9)15/h1-6,8,19-20H,7H2. The molecule has 0 unspecified atom stereocenters. The van der Waals surface area contributed by atoms with Crippen LogP contribution in [0.4, 0.5) is 5.69 Å². The van der Waals surface area contributed by atoms with Crippen LogP contribution in [0.3, 0.4) is 0 Å². The van der Waals surface area contributed by atoms with E-state index in [1.165, 1.54) is 10.9 Å². The second-order valence-electron chi connectivity index (χ2n) is 4.48. The summed E-state index contributed by atoms with van der Waals surface area (Å²) in [5.41, 5.74) is 3.34. The Bertz CT molecular complexity index is 768. The van der Waals surface area contributed by atoms with Crippen molar-refractivity contribution in [2.75, 3.05) is 5.32 Å². The molecule has 5 heteroatoms. The number of rotatable bonds is 3. The molecule has 1 heterocycles. The first-order valence-corrected chi connectivity index (χ1v) is 8.04. The van der Waals surface area contributed by atoms with Gasteiger partial charge in [-0.25, -0.2) is 0 Å². The quantitative estimate of drug-likeness (QED) is 0.544. The number of aromatic amines is 1. The third-order valence-corrected chi connectivity index (χ3v) is 4.51. The monoisotopic (exact) mass is 412 g/mol. The number of benzene rings is 2. The summed E-state index contributed by atoms with van der Waals surface area (Å²) >= 11 is 13.0. The average Bonchev–Trinajstić information content (AvgIpc) is 2.80. The molecule has 0 amide bonds. The van der Waals surface area contributed by atoms with Gasteiger partial charge in [0.15, 0.2) is 0 Å². The number of hydrogen-bond donors (Lipinski definition) is 2. The van der Waals surface area contributed by atoms with Crippen molar-refractivity contribution in [1.82, 2.24) is 4.98 Å². The second kappa shape index (κ2) is 5.80. The third kappa shape index (κ3) is 2.87. The van der Waals surface area contributed by atoms with Crippen molar-refractivity contribution in [3.63, 3.8) is 0 Å². The number of nitrogens with one attached hydrogen (secondary N) is 2. The van der Waals surface area contributed by atoms with Gasteiger partial charge in [-0.1, -0.05) is 33.6 Å². The zero-order chi connectivity index (χ0) is 14.1. The summed E-state index contributed by atoms with van der Waals surface area (Å²) < 4.78 is 2.09. The summed E-state index contributed by atoms with van der Waals surface area (Å²) in [5, 5.41) is 5.36. The van der Waals surface area contributed by atoms with Gasteiger partial charge in [0, 0.05) is 43.3 Å². The fourth-order valence-electron chi connectivity index (χ4n) is 2.13. The molecule has 0 aliphatic carbocycles. The molecule has 0 spiro atoms. The van der Waals surface area contributed by atoms with E-state index in [9.17, 15) is 0 Å². The lowest BCUT2D eigenvalue weighted by Gasteiger charge is -2.08. The van der Waals surface area contributed by atoms with Crippen molar-refractivity contribution in [1.29, 1.82) is 0 Å². The molecule has 0 aliphatic rings. The van der Waals surface area contributed by atoms with E-state index in [4.69, 9.17) is 11.6 Å². The van der Waals surface area contributed by atoms with E-state index in [1.54, 1.807) is 0 Å². The Morgan fingerprint density at radius 1 is 1.10 bits per heavy atom. The summed E-state index contributed by atoms with van der Waals surface area (Å²) in [7, 11) is 0. The Hall–Kier alpha value is -0.970. The molecule has 0 atom stereocenters. The fourth-order valence-corrected chi connectivity index (χ4v) is 3.49. The van der Waals surface area contributed by atoms with Crippen LogP contribution < -0.4 is 5.32 Å². The Balaban J connectivity index is 1.83. The van der Waals surface area contributed by atoms with Crippen LogP contribution in [0, 0.1) is 0 Å². The Kier molecular flexibility index (Phi) is 4.06. The van der Waals surface area contributed by atoms with Gasteiger partial charge in [-0.3, -0.25) is 0 Å². The number of aromatic nitrogens is 1. The van der Waals surface area contributed by atoms with Crippen LogP contribution in [0.5, 0.6) is 0 Å². The van der Waals surface area contributed by atoms with E-state index in [0.717, 1.165) is 31.7 Å². The van der Waals surface area contributed by atoms with E-state index < -0.39 is 0 Å². The first kappa shape index (κ1) is 14.0. The number of hydrogen-bond acceptors (Lipinski definition) is 1. The van der Waals surface area contributed by atoms with E-state index >= 15 is 0 Å². The van der Waals surface area contributed by atoms with Crippen LogP contribution in [0.1, 0.15) is 5.56 Å². The maximum atomic E-state index is 5.99. The molecule has 0 radical (unpaired) electrons. The van der Waals surface area contributed by atoms with Crippen molar-refractivity contribution in [2.24, 2.45) is 0 Å². The second-order valence-corrected chi connectivity index (χ2v) is 6.69. The normalized spacial score (nSPS) is 10.9. The smallest absolute Gasteiger partial charge is 0.0488 e. The van der Waals surface area contributed by atoms with Crippen molar-refractivity contribution in [3.05, 3.63) is 62.1 Å². The molecular formula is C15H11Br2ClN2. The summed E-state index contributed by atoms with van der Waals surface area (Å²) in [6.45, 7) is 0.752. The molecule has 3 aromatic rings. The van der Waals surface area contributed by atoms with Crippen LogP contribution in [0.15, 0.2) is 51.5 Å². The van der Waals surface area contributed by atoms with Gasteiger partial charge >= 0.3 is 0 Å². The lowest BCUT2D eigenvalue weighted by atomic mass is 10.2. The molecule has 3 rings (SSSR count). The van der Waals surface area contributed by atoms with Crippen molar-refractivity contribution in [3.8, 4) is 0 Å². The number of halogens is 3. The lowest BCUT2D eigenvalue weighted by molar-refractivity contribution is 1.16. The van der Waals surface area contributed by atoms with Gasteiger partial charge in [0.25, 0.3) is 0 Å². The maximum Gasteiger partial charge on any atom is 0.0488 e. The van der Waals surface area contributed by atoms with Gasteiger partial charge in [0.1, 0.15) is 0 Å². The van der Waals surface area contributed by atoms with Gasteiger partial charge < -0.3 is 10.3 Å². The van der Waals surface area contributed by atoms with Crippen LogP contribution in [-0.2, 0) is 6.54 Å². The van der Waals surface area contributed by atoms with Crippen LogP contribution >= 0.6 is 43.5 Å². The van der Waals surface area contributed by atoms with Crippen LogP contribution in [0.25, 0.3) is 10.9 Å². The molecule has 0 fully saturated rings. The minimum absolute atomic E-state index is 0.745. The number of anilines is 1. The number of fused-ring (bicyclic) bond motifs is 1. The first-order valence-electron chi connectivity index (χ1n) is 6.08. The minimum Gasteiger partial charge on any atom is -0.380 e. The molecule has 20 heavy (non-hydrogen) atoms. The SMILES string of the molecule is Clc1ccc2c(CNc3ccc(Br)cc3Br)c[nH]c2c1. The van der Waals surface area contributed by atoms with Gasteiger partial charge in [-0.2, -0.15) is 0 Å². The minimum atomic E-state index is 0.745. The lowest BCUT2D eigenvalue weighted by Crippen LogP contribution is -1.99. The molecule has 0 saturated carbocycles. The molecule has 2 nitrogen and oxygen atoms in total. The van der Waals surface area contributed by atoms with E-state index in [-0.39, 0.29) is 0 Å². The first-order chi connectivity index (χ1) is 9.63. The van der Waals surface area contributed by atoms with E-state index in [2.05, 4.69) is 42.2 Å². The zero-order valence-corrected chi connectivity index (χ0v) is 14.3. The third-order valence-electron chi connectivity index (χ3n) is 3.13. The zero-order valence-electron chi connectivity index (χ0n) is 10.4. The highest BCUT2D eigenvalue weighted by molar-refractivity contribution is 9.11. The predicted molar refractivity (Wildman–Crippen MR) is 92.5 cm³/mol. The fraction of sp³-hybridized carbons (Fsp3) is 0.0667. The Morgan fingerprint density at radius 2 is 1.95 bits per heavy atom. The maximum absolute atomic E-state index is 5.99. The molecule has 0 bridgehead atoms. The molecule has 0 saturated heterocycles. The largest absolute Gasteiger partial charge is 0.380 e. The molecule has 102 valence electrons. The summed E-state index contributed by atoms with van der Waals surface area (Å²) in [4.78, 5) is 3.25. The topological polar surface area (TPSA) is 27.8 Å². The average molecular weight is 415 g/mol. The highest BCUT2D eigenvalue weighted by Crippen LogP contribution is 2.28. The molecule has 2 N–H and O–H groups in total. The highest BCUT2D eigenvalue weighted by atomic mass is 79.9. The van der Waals surface area contributed by atoms with Crippen molar-refractivity contribution in [2.45, 2.75) is 6.54 Å². The number of H-pyrrole nitrogens is 1. The van der Waals surface area contributed by atoms with E-state index in [0.29, 0.717) is 0 Å². The Labute approximate surface area is 138 Å². The van der Waals surface area contributed by atoms with Gasteiger partial charge in [0.05, 0.1) is 0 Å². The molecule has 1 aromatic heterocycles. The van der Waals surface area contributed by atoms with Crippen molar-refractivity contribution < 1.29 is 0 Å². The van der Waals surface area contributed by atoms with Crippen LogP contribution in [-0.4, -0.2) is 4.98 Å². The highest BCUT2D eigenvalue weighted by Gasteiger charge is 2.05.